The Morgan fingerprint density at radius 3 is 2.17 bits per heavy atom. The van der Waals surface area contributed by atoms with E-state index < -0.39 is 5.82 Å². The van der Waals surface area contributed by atoms with E-state index in [1.165, 1.54) is 18.2 Å². The summed E-state index contributed by atoms with van der Waals surface area (Å²) in [5, 5.41) is 27.6. The summed E-state index contributed by atoms with van der Waals surface area (Å²) in [7, 11) is 0. The SMILES string of the molecule is O/C=C/COc1ccc(-c2cc(O)cc(-c3ccc(OCCO)cc3)c2)cc1F. The normalized spacial score (nSPS) is 11.0. The Labute approximate surface area is 167 Å². The molecule has 3 rings (SSSR count). The molecule has 0 atom stereocenters. The molecule has 0 bridgehead atoms. The van der Waals surface area contributed by atoms with Crippen molar-refractivity contribution in [1.82, 2.24) is 0 Å². The van der Waals surface area contributed by atoms with Crippen molar-refractivity contribution >= 4 is 0 Å². The third-order valence-corrected chi connectivity index (χ3v) is 4.17. The Morgan fingerprint density at radius 2 is 1.52 bits per heavy atom. The predicted molar refractivity (Wildman–Crippen MR) is 109 cm³/mol. The molecular weight excluding hydrogens is 375 g/mol. The van der Waals surface area contributed by atoms with Crippen LogP contribution in [0.15, 0.2) is 73.0 Å². The van der Waals surface area contributed by atoms with Crippen LogP contribution in [0.1, 0.15) is 0 Å². The molecule has 6 heteroatoms. The predicted octanol–water partition coefficient (Wildman–Crippen LogP) is 4.69. The Morgan fingerprint density at radius 1 is 0.828 bits per heavy atom. The molecule has 0 spiro atoms. The van der Waals surface area contributed by atoms with Crippen LogP contribution in [0.5, 0.6) is 17.2 Å². The van der Waals surface area contributed by atoms with Crippen LogP contribution < -0.4 is 9.47 Å². The summed E-state index contributed by atoms with van der Waals surface area (Å²) in [6, 6.07) is 16.8. The van der Waals surface area contributed by atoms with Crippen molar-refractivity contribution in [3.8, 4) is 39.5 Å². The van der Waals surface area contributed by atoms with E-state index in [0.29, 0.717) is 16.9 Å². The van der Waals surface area contributed by atoms with Gasteiger partial charge in [0.1, 0.15) is 24.7 Å². The van der Waals surface area contributed by atoms with Crippen LogP contribution in [0, 0.1) is 5.82 Å². The number of aliphatic hydroxyl groups excluding tert-OH is 2. The van der Waals surface area contributed by atoms with E-state index in [0.717, 1.165) is 17.4 Å². The Balaban J connectivity index is 1.86. The molecule has 150 valence electrons. The molecule has 0 unspecified atom stereocenters. The van der Waals surface area contributed by atoms with Gasteiger partial charge in [-0.3, -0.25) is 0 Å². The summed E-state index contributed by atoms with van der Waals surface area (Å²) in [4.78, 5) is 0. The number of aliphatic hydroxyl groups is 2. The second-order valence-corrected chi connectivity index (χ2v) is 6.21. The Bertz CT molecular complexity index is 983. The van der Waals surface area contributed by atoms with Crippen molar-refractivity contribution < 1.29 is 29.2 Å². The minimum absolute atomic E-state index is 0.0566. The fourth-order valence-corrected chi connectivity index (χ4v) is 2.83. The number of ether oxygens (including phenoxy) is 2. The van der Waals surface area contributed by atoms with Gasteiger partial charge in [-0.05, 0) is 70.8 Å². The topological polar surface area (TPSA) is 79.2 Å². The maximum atomic E-state index is 14.3. The zero-order valence-corrected chi connectivity index (χ0v) is 15.6. The molecule has 0 saturated heterocycles. The molecular formula is C23H21FO5. The van der Waals surface area contributed by atoms with Gasteiger partial charge in [0.15, 0.2) is 11.6 Å². The molecule has 0 aliphatic carbocycles. The first-order valence-electron chi connectivity index (χ1n) is 9.01. The average molecular weight is 396 g/mol. The molecule has 0 saturated carbocycles. The summed E-state index contributed by atoms with van der Waals surface area (Å²) < 4.78 is 24.9. The molecule has 0 fully saturated rings. The number of hydrogen-bond acceptors (Lipinski definition) is 5. The first-order valence-corrected chi connectivity index (χ1v) is 9.01. The van der Waals surface area contributed by atoms with Gasteiger partial charge in [-0.1, -0.05) is 18.2 Å². The van der Waals surface area contributed by atoms with Gasteiger partial charge in [0.2, 0.25) is 0 Å². The number of aromatic hydroxyl groups is 1. The fourth-order valence-electron chi connectivity index (χ4n) is 2.83. The van der Waals surface area contributed by atoms with Gasteiger partial charge < -0.3 is 24.8 Å². The second kappa shape index (κ2) is 9.61. The molecule has 0 heterocycles. The number of benzene rings is 3. The maximum absolute atomic E-state index is 14.3. The Kier molecular flexibility index (Phi) is 6.71. The van der Waals surface area contributed by atoms with Crippen molar-refractivity contribution in [3.63, 3.8) is 0 Å². The lowest BCUT2D eigenvalue weighted by Gasteiger charge is -2.11. The monoisotopic (exact) mass is 396 g/mol. The third kappa shape index (κ3) is 5.27. The molecule has 0 aliphatic heterocycles. The van der Waals surface area contributed by atoms with E-state index in [1.54, 1.807) is 30.3 Å². The highest BCUT2D eigenvalue weighted by Gasteiger charge is 2.09. The molecule has 3 N–H and O–H groups in total. The number of hydrogen-bond donors (Lipinski definition) is 3. The minimum Gasteiger partial charge on any atom is -0.516 e. The molecule has 3 aromatic rings. The number of rotatable bonds is 8. The summed E-state index contributed by atoms with van der Waals surface area (Å²) >= 11 is 0. The van der Waals surface area contributed by atoms with E-state index in [2.05, 4.69) is 0 Å². The number of phenols is 1. The van der Waals surface area contributed by atoms with Gasteiger partial charge in [-0.25, -0.2) is 4.39 Å². The molecule has 5 nitrogen and oxygen atoms in total. The van der Waals surface area contributed by atoms with Gasteiger partial charge in [0, 0.05) is 0 Å². The highest BCUT2D eigenvalue weighted by Crippen LogP contribution is 2.33. The van der Waals surface area contributed by atoms with Crippen molar-refractivity contribution in [1.29, 1.82) is 0 Å². The van der Waals surface area contributed by atoms with Gasteiger partial charge >= 0.3 is 0 Å². The van der Waals surface area contributed by atoms with Crippen molar-refractivity contribution in [2.75, 3.05) is 19.8 Å². The highest BCUT2D eigenvalue weighted by molar-refractivity contribution is 5.75. The van der Waals surface area contributed by atoms with Crippen LogP contribution in [0.3, 0.4) is 0 Å². The third-order valence-electron chi connectivity index (χ3n) is 4.17. The van der Waals surface area contributed by atoms with Crippen LogP contribution in [-0.2, 0) is 0 Å². The van der Waals surface area contributed by atoms with Crippen molar-refractivity contribution in [2.24, 2.45) is 0 Å². The maximum Gasteiger partial charge on any atom is 0.165 e. The largest absolute Gasteiger partial charge is 0.516 e. The van der Waals surface area contributed by atoms with E-state index in [-0.39, 0.29) is 31.3 Å². The van der Waals surface area contributed by atoms with Gasteiger partial charge in [-0.2, -0.15) is 0 Å². The molecule has 0 aliphatic rings. The quantitative estimate of drug-likeness (QED) is 0.482. The summed E-state index contributed by atoms with van der Waals surface area (Å²) in [6.45, 7) is 0.217. The lowest BCUT2D eigenvalue weighted by atomic mass is 9.98. The van der Waals surface area contributed by atoms with E-state index in [9.17, 15) is 9.50 Å². The number of phenolic OH excluding ortho intramolecular Hbond substituents is 1. The van der Waals surface area contributed by atoms with Crippen LogP contribution >= 0.6 is 0 Å². The van der Waals surface area contributed by atoms with Gasteiger partial charge in [0.25, 0.3) is 0 Å². The van der Waals surface area contributed by atoms with Crippen LogP contribution in [0.2, 0.25) is 0 Å². The van der Waals surface area contributed by atoms with Crippen molar-refractivity contribution in [3.05, 3.63) is 78.8 Å². The summed E-state index contributed by atoms with van der Waals surface area (Å²) in [5.74, 6) is 0.235. The van der Waals surface area contributed by atoms with Crippen molar-refractivity contribution in [2.45, 2.75) is 0 Å². The zero-order valence-electron chi connectivity index (χ0n) is 15.6. The molecule has 0 radical (unpaired) electrons. The standard InChI is InChI=1S/C23H21FO5/c24-22-15-17(4-7-23(22)29-10-1-8-25)19-12-18(13-20(27)14-19)16-2-5-21(6-3-16)28-11-9-26/h1-8,12-15,25-27H,9-11H2/b8-1+. The van der Waals surface area contributed by atoms with E-state index >= 15 is 0 Å². The zero-order chi connectivity index (χ0) is 20.6. The lowest BCUT2D eigenvalue weighted by molar-refractivity contribution is 0.201. The molecule has 29 heavy (non-hydrogen) atoms. The molecule has 0 aromatic heterocycles. The molecule has 0 amide bonds. The first kappa shape index (κ1) is 20.2. The first-order chi connectivity index (χ1) is 14.1. The highest BCUT2D eigenvalue weighted by atomic mass is 19.1. The van der Waals surface area contributed by atoms with Crippen LogP contribution in [0.25, 0.3) is 22.3 Å². The minimum atomic E-state index is -0.538. The van der Waals surface area contributed by atoms with Crippen LogP contribution in [0.4, 0.5) is 4.39 Å². The average Bonchev–Trinajstić information content (AvgIpc) is 2.73. The smallest absolute Gasteiger partial charge is 0.165 e. The van der Waals surface area contributed by atoms with E-state index in [4.69, 9.17) is 19.7 Å². The summed E-state index contributed by atoms with van der Waals surface area (Å²) in [6.07, 6.45) is 2.20. The van der Waals surface area contributed by atoms with Gasteiger partial charge in [0.05, 0.1) is 12.9 Å². The summed E-state index contributed by atoms with van der Waals surface area (Å²) in [5.41, 5.74) is 2.87. The van der Waals surface area contributed by atoms with Gasteiger partial charge in [-0.15, -0.1) is 0 Å². The van der Waals surface area contributed by atoms with E-state index in [1.807, 2.05) is 18.2 Å². The fraction of sp³-hybridized carbons (Fsp3) is 0.130. The molecule has 3 aromatic carbocycles. The second-order valence-electron chi connectivity index (χ2n) is 6.21. The Hall–Kier alpha value is -3.51. The van der Waals surface area contributed by atoms with Crippen LogP contribution in [-0.4, -0.2) is 35.1 Å². The number of halogens is 1. The lowest BCUT2D eigenvalue weighted by Crippen LogP contribution is -2.01.